The van der Waals surface area contributed by atoms with Gasteiger partial charge < -0.3 is 5.11 Å². The van der Waals surface area contributed by atoms with Crippen molar-refractivity contribution in [2.45, 2.75) is 23.5 Å². The van der Waals surface area contributed by atoms with Crippen molar-refractivity contribution < 1.29 is 14.7 Å². The SMILES string of the molecule is CCC(Cl)(Cl)C1(O)NC(=O)C(=O)N1. The molecule has 1 heterocycles. The lowest BCUT2D eigenvalue weighted by atomic mass is 10.2. The van der Waals surface area contributed by atoms with Gasteiger partial charge >= 0.3 is 11.8 Å². The molecule has 0 aromatic rings. The molecule has 0 unspecified atom stereocenters. The smallest absolute Gasteiger partial charge is 0.313 e. The molecule has 3 N–H and O–H groups in total. The van der Waals surface area contributed by atoms with Gasteiger partial charge in [0, 0.05) is 0 Å². The molecule has 0 spiro atoms. The van der Waals surface area contributed by atoms with Crippen LogP contribution in [0.5, 0.6) is 0 Å². The first kappa shape index (κ1) is 10.6. The Bertz CT molecular complexity index is 251. The molecular weight excluding hydrogens is 219 g/mol. The predicted octanol–water partition coefficient (Wildman–Crippen LogP) is -0.538. The number of halogens is 2. The molecule has 0 atom stereocenters. The van der Waals surface area contributed by atoms with Crippen molar-refractivity contribution in [3.63, 3.8) is 0 Å². The van der Waals surface area contributed by atoms with Crippen LogP contribution in [-0.2, 0) is 9.59 Å². The van der Waals surface area contributed by atoms with Crippen molar-refractivity contribution >= 4 is 35.0 Å². The number of aliphatic hydroxyl groups is 1. The van der Waals surface area contributed by atoms with Gasteiger partial charge in [-0.2, -0.15) is 0 Å². The van der Waals surface area contributed by atoms with Crippen molar-refractivity contribution in [2.75, 3.05) is 0 Å². The van der Waals surface area contributed by atoms with Crippen molar-refractivity contribution in [3.8, 4) is 0 Å². The number of amides is 2. The van der Waals surface area contributed by atoms with Crippen LogP contribution in [0.15, 0.2) is 0 Å². The molecule has 0 aromatic carbocycles. The minimum Gasteiger partial charge on any atom is -0.352 e. The summed E-state index contributed by atoms with van der Waals surface area (Å²) in [6.07, 6.45) is 0.160. The fraction of sp³-hybridized carbons (Fsp3) is 0.667. The van der Waals surface area contributed by atoms with Crippen LogP contribution in [0.4, 0.5) is 0 Å². The Morgan fingerprint density at radius 1 is 1.38 bits per heavy atom. The first-order valence-electron chi connectivity index (χ1n) is 3.57. The molecule has 0 aromatic heterocycles. The Kier molecular flexibility index (Phi) is 2.44. The standard InChI is InChI=1S/C6H8Cl2N2O3/c1-2-5(7,8)6(13)9-3(11)4(12)10-6/h13H,2H2,1H3,(H,9,11)(H,10,12). The number of alkyl halides is 2. The number of nitrogens with one attached hydrogen (secondary N) is 2. The molecule has 13 heavy (non-hydrogen) atoms. The van der Waals surface area contributed by atoms with Crippen LogP contribution >= 0.6 is 23.2 Å². The molecule has 1 aliphatic rings. The summed E-state index contributed by atoms with van der Waals surface area (Å²) in [7, 11) is 0. The molecule has 1 aliphatic heterocycles. The largest absolute Gasteiger partial charge is 0.352 e. The summed E-state index contributed by atoms with van der Waals surface area (Å²) in [5, 5.41) is 13.6. The third kappa shape index (κ3) is 1.59. The average Bonchev–Trinajstić information content (AvgIpc) is 2.28. The average molecular weight is 227 g/mol. The van der Waals surface area contributed by atoms with Gasteiger partial charge in [0.25, 0.3) is 5.85 Å². The molecule has 0 aliphatic carbocycles. The third-order valence-corrected chi connectivity index (χ3v) is 2.85. The number of carbonyl (C=O) groups excluding carboxylic acids is 2. The number of carbonyl (C=O) groups is 2. The highest BCUT2D eigenvalue weighted by Crippen LogP contribution is 2.35. The Balaban J connectivity index is 2.92. The summed E-state index contributed by atoms with van der Waals surface area (Å²) < 4.78 is -1.64. The van der Waals surface area contributed by atoms with Crippen LogP contribution in [-0.4, -0.2) is 27.1 Å². The fourth-order valence-electron chi connectivity index (χ4n) is 0.912. The Hall–Kier alpha value is -0.520. The summed E-state index contributed by atoms with van der Waals surface area (Å²) in [4.78, 5) is 21.5. The lowest BCUT2D eigenvalue weighted by Gasteiger charge is -2.33. The van der Waals surface area contributed by atoms with Gasteiger partial charge in [-0.05, 0) is 6.42 Å². The maximum atomic E-state index is 10.8. The predicted molar refractivity (Wildman–Crippen MR) is 46.0 cm³/mol. The van der Waals surface area contributed by atoms with E-state index < -0.39 is 22.0 Å². The van der Waals surface area contributed by atoms with Gasteiger partial charge in [-0.25, -0.2) is 0 Å². The first-order chi connectivity index (χ1) is 5.82. The highest BCUT2D eigenvalue weighted by Gasteiger charge is 2.55. The lowest BCUT2D eigenvalue weighted by molar-refractivity contribution is -0.135. The quantitative estimate of drug-likeness (QED) is 0.438. The monoisotopic (exact) mass is 226 g/mol. The number of hydrogen-bond acceptors (Lipinski definition) is 3. The topological polar surface area (TPSA) is 78.4 Å². The zero-order chi connectivity index (χ0) is 10.3. The van der Waals surface area contributed by atoms with Gasteiger partial charge in [-0.1, -0.05) is 30.1 Å². The first-order valence-corrected chi connectivity index (χ1v) is 4.33. The van der Waals surface area contributed by atoms with E-state index in [1.165, 1.54) is 0 Å². The molecule has 7 heteroatoms. The lowest BCUT2D eigenvalue weighted by Crippen LogP contribution is -2.61. The van der Waals surface area contributed by atoms with E-state index in [9.17, 15) is 14.7 Å². The molecule has 1 saturated heterocycles. The summed E-state index contributed by atoms with van der Waals surface area (Å²) in [5.41, 5.74) is 0. The summed E-state index contributed by atoms with van der Waals surface area (Å²) in [6, 6.07) is 0. The normalized spacial score (nSPS) is 21.2. The maximum absolute atomic E-state index is 10.8. The molecule has 2 amide bonds. The molecule has 0 bridgehead atoms. The van der Waals surface area contributed by atoms with Gasteiger partial charge in [0.15, 0.2) is 4.33 Å². The molecule has 0 saturated carbocycles. The van der Waals surface area contributed by atoms with E-state index in [1.807, 2.05) is 10.6 Å². The molecule has 5 nitrogen and oxygen atoms in total. The van der Waals surface area contributed by atoms with Gasteiger partial charge in [0.05, 0.1) is 0 Å². The molecule has 74 valence electrons. The van der Waals surface area contributed by atoms with E-state index in [0.29, 0.717) is 0 Å². The Morgan fingerprint density at radius 3 is 2.08 bits per heavy atom. The van der Waals surface area contributed by atoms with Crippen LogP contribution in [0, 0.1) is 0 Å². The molecule has 1 fully saturated rings. The van der Waals surface area contributed by atoms with Crippen LogP contribution in [0.1, 0.15) is 13.3 Å². The molecular formula is C6H8Cl2N2O3. The molecule has 0 radical (unpaired) electrons. The number of rotatable bonds is 2. The van der Waals surface area contributed by atoms with Crippen LogP contribution in [0.3, 0.4) is 0 Å². The summed E-state index contributed by atoms with van der Waals surface area (Å²) in [5.74, 6) is -4.00. The number of hydrogen-bond donors (Lipinski definition) is 3. The highest BCUT2D eigenvalue weighted by molar-refractivity contribution is 6.50. The fourth-order valence-corrected chi connectivity index (χ4v) is 1.10. The van der Waals surface area contributed by atoms with Crippen molar-refractivity contribution in [2.24, 2.45) is 0 Å². The van der Waals surface area contributed by atoms with E-state index in [0.717, 1.165) is 0 Å². The van der Waals surface area contributed by atoms with E-state index >= 15 is 0 Å². The van der Waals surface area contributed by atoms with Gasteiger partial charge in [0.2, 0.25) is 0 Å². The van der Waals surface area contributed by atoms with Crippen LogP contribution in [0.25, 0.3) is 0 Å². The van der Waals surface area contributed by atoms with Crippen molar-refractivity contribution in [1.82, 2.24) is 10.6 Å². The summed E-state index contributed by atoms with van der Waals surface area (Å²) >= 11 is 11.4. The zero-order valence-electron chi connectivity index (χ0n) is 6.73. The molecule has 1 rings (SSSR count). The minimum atomic E-state index is -2.08. The van der Waals surface area contributed by atoms with Crippen LogP contribution in [0.2, 0.25) is 0 Å². The van der Waals surface area contributed by atoms with Crippen LogP contribution < -0.4 is 10.6 Å². The highest BCUT2D eigenvalue weighted by atomic mass is 35.5. The van der Waals surface area contributed by atoms with Gasteiger partial charge in [-0.15, -0.1) is 0 Å². The van der Waals surface area contributed by atoms with E-state index in [-0.39, 0.29) is 6.42 Å². The minimum absolute atomic E-state index is 0.160. The van der Waals surface area contributed by atoms with E-state index in [1.54, 1.807) is 6.92 Å². The van der Waals surface area contributed by atoms with E-state index in [4.69, 9.17) is 23.2 Å². The van der Waals surface area contributed by atoms with E-state index in [2.05, 4.69) is 0 Å². The Labute approximate surface area is 84.4 Å². The maximum Gasteiger partial charge on any atom is 0.313 e. The third-order valence-electron chi connectivity index (χ3n) is 1.77. The van der Waals surface area contributed by atoms with Gasteiger partial charge in [-0.3, -0.25) is 20.2 Å². The zero-order valence-corrected chi connectivity index (χ0v) is 8.24. The van der Waals surface area contributed by atoms with Gasteiger partial charge in [0.1, 0.15) is 0 Å². The van der Waals surface area contributed by atoms with Crippen molar-refractivity contribution in [1.29, 1.82) is 0 Å². The second kappa shape index (κ2) is 3.01. The summed E-state index contributed by atoms with van der Waals surface area (Å²) in [6.45, 7) is 1.61. The second-order valence-electron chi connectivity index (χ2n) is 2.68. The Morgan fingerprint density at radius 2 is 1.77 bits per heavy atom. The second-order valence-corrected chi connectivity index (χ2v) is 4.16. The van der Waals surface area contributed by atoms with Crippen molar-refractivity contribution in [3.05, 3.63) is 0 Å².